The van der Waals surface area contributed by atoms with Gasteiger partial charge in [-0.2, -0.15) is 13.7 Å². The molecule has 0 aromatic heterocycles. The molecule has 4 nitrogen and oxygen atoms in total. The Kier molecular flexibility index (Phi) is 5.29. The van der Waals surface area contributed by atoms with E-state index >= 15 is 0 Å². The van der Waals surface area contributed by atoms with E-state index in [1.165, 1.54) is 12.1 Å². The van der Waals surface area contributed by atoms with Crippen molar-refractivity contribution in [2.45, 2.75) is 4.90 Å². The fourth-order valence-corrected chi connectivity index (χ4v) is 2.04. The minimum atomic E-state index is -4.16. The normalized spacial score (nSPS) is 10.3. The average molecular weight is 283 g/mol. The molecule has 0 amide bonds. The van der Waals surface area contributed by atoms with Crippen molar-refractivity contribution in [3.63, 3.8) is 0 Å². The van der Waals surface area contributed by atoms with E-state index in [2.05, 4.69) is 0 Å². The zero-order valence-electron chi connectivity index (χ0n) is 9.24. The average Bonchev–Trinajstić information content (AvgIpc) is 2.38. The Balaban J connectivity index is 0.00000180. The summed E-state index contributed by atoms with van der Waals surface area (Å²) in [7, 11) is -4.16. The number of hydrogen-bond acceptors (Lipinski definition) is 3. The van der Waals surface area contributed by atoms with Crippen molar-refractivity contribution in [2.24, 2.45) is 0 Å². The Labute approximate surface area is 133 Å². The number of benzene rings is 2. The van der Waals surface area contributed by atoms with Crippen LogP contribution in [0.4, 0.5) is 0 Å². The van der Waals surface area contributed by atoms with Gasteiger partial charge in [-0.05, 0) is 35.4 Å². The van der Waals surface area contributed by atoms with Crippen LogP contribution in [0.5, 0.6) is 0 Å². The molecule has 0 aliphatic heterocycles. The third-order valence-corrected chi connectivity index (χ3v) is 3.37. The van der Waals surface area contributed by atoms with Crippen LogP contribution >= 0.6 is 0 Å². The van der Waals surface area contributed by atoms with Crippen LogP contribution in [0.1, 0.15) is 5.56 Å². The van der Waals surface area contributed by atoms with Crippen LogP contribution in [0.15, 0.2) is 53.4 Å². The van der Waals surface area contributed by atoms with E-state index in [1.54, 1.807) is 36.4 Å². The quantitative estimate of drug-likeness (QED) is 0.673. The Morgan fingerprint density at radius 2 is 1.32 bits per heavy atom. The van der Waals surface area contributed by atoms with E-state index in [9.17, 15) is 8.42 Å². The molecular weight excluding hydrogens is 273 g/mol. The van der Waals surface area contributed by atoms with Crippen molar-refractivity contribution in [3.8, 4) is 17.2 Å². The molecule has 6 heteroatoms. The van der Waals surface area contributed by atoms with Gasteiger partial charge in [0, 0.05) is 0 Å². The molecular formula is C13H10NNaO3S. The van der Waals surface area contributed by atoms with Crippen LogP contribution in [-0.4, -0.2) is 42.5 Å². The molecule has 0 saturated heterocycles. The van der Waals surface area contributed by atoms with E-state index < -0.39 is 10.1 Å². The maximum absolute atomic E-state index is 10.9. The molecule has 19 heavy (non-hydrogen) atoms. The summed E-state index contributed by atoms with van der Waals surface area (Å²) in [6.45, 7) is 0. The van der Waals surface area contributed by atoms with Crippen molar-refractivity contribution in [3.05, 3.63) is 54.1 Å². The summed E-state index contributed by atoms with van der Waals surface area (Å²) in [5.41, 5.74) is 2.25. The second kappa shape index (κ2) is 6.33. The maximum atomic E-state index is 10.9. The van der Waals surface area contributed by atoms with Crippen LogP contribution in [-0.2, 0) is 10.1 Å². The summed E-state index contributed by atoms with van der Waals surface area (Å²) >= 11 is 0. The summed E-state index contributed by atoms with van der Waals surface area (Å²) in [4.78, 5) is -0.139. The van der Waals surface area contributed by atoms with Gasteiger partial charge < -0.3 is 0 Å². The van der Waals surface area contributed by atoms with Crippen LogP contribution in [0.2, 0.25) is 0 Å². The Morgan fingerprint density at radius 1 is 0.895 bits per heavy atom. The van der Waals surface area contributed by atoms with Crippen molar-refractivity contribution < 1.29 is 13.0 Å². The van der Waals surface area contributed by atoms with Crippen molar-refractivity contribution in [1.29, 1.82) is 5.26 Å². The van der Waals surface area contributed by atoms with Gasteiger partial charge in [-0.1, -0.05) is 24.3 Å². The van der Waals surface area contributed by atoms with Gasteiger partial charge in [0.25, 0.3) is 10.1 Å². The Bertz CT molecular complexity index is 701. The predicted octanol–water partition coefficient (Wildman–Crippen LogP) is 1.82. The second-order valence-corrected chi connectivity index (χ2v) is 5.11. The third kappa shape index (κ3) is 3.90. The van der Waals surface area contributed by atoms with Crippen LogP contribution in [0.3, 0.4) is 0 Å². The number of nitrogens with zero attached hydrogens (tertiary/aromatic N) is 1. The fourth-order valence-electron chi connectivity index (χ4n) is 1.56. The van der Waals surface area contributed by atoms with Crippen molar-refractivity contribution in [1.82, 2.24) is 0 Å². The van der Waals surface area contributed by atoms with Crippen molar-refractivity contribution in [2.75, 3.05) is 0 Å². The zero-order valence-corrected chi connectivity index (χ0v) is 10.1. The van der Waals surface area contributed by atoms with E-state index in [-0.39, 0.29) is 34.5 Å². The van der Waals surface area contributed by atoms with Gasteiger partial charge in [0.05, 0.1) is 16.5 Å². The first-order chi connectivity index (χ1) is 8.50. The van der Waals surface area contributed by atoms with Crippen LogP contribution in [0.25, 0.3) is 11.1 Å². The van der Waals surface area contributed by atoms with Gasteiger partial charge in [-0.3, -0.25) is 4.55 Å². The summed E-state index contributed by atoms with van der Waals surface area (Å²) in [6.07, 6.45) is 0. The first-order valence-corrected chi connectivity index (χ1v) is 6.53. The topological polar surface area (TPSA) is 78.2 Å². The molecule has 0 radical (unpaired) electrons. The molecule has 0 saturated carbocycles. The van der Waals surface area contributed by atoms with Crippen LogP contribution < -0.4 is 0 Å². The molecule has 0 spiro atoms. The van der Waals surface area contributed by atoms with Crippen molar-refractivity contribution >= 4 is 39.7 Å². The molecule has 0 unspecified atom stereocenters. The summed E-state index contributed by atoms with van der Waals surface area (Å²) < 4.78 is 30.6. The van der Waals surface area contributed by atoms with Gasteiger partial charge in [-0.15, -0.1) is 0 Å². The van der Waals surface area contributed by atoms with Gasteiger partial charge in [-0.25, -0.2) is 0 Å². The van der Waals surface area contributed by atoms with E-state index in [0.717, 1.165) is 11.1 Å². The van der Waals surface area contributed by atoms with E-state index in [1.807, 2.05) is 6.07 Å². The first kappa shape index (κ1) is 15.9. The Morgan fingerprint density at radius 3 is 1.68 bits per heavy atom. The standard InChI is InChI=1S/C13H9NO3S.Na.H/c14-9-10-1-3-11(4-2-10)12-5-7-13(8-6-12)18(15,16)17;;/h1-8H,(H,15,16,17);;. The van der Waals surface area contributed by atoms with Crippen LogP contribution in [0, 0.1) is 11.3 Å². The molecule has 92 valence electrons. The predicted molar refractivity (Wildman–Crippen MR) is 73.6 cm³/mol. The Hall–Kier alpha value is -1.16. The molecule has 0 aliphatic rings. The molecule has 2 rings (SSSR count). The van der Waals surface area contributed by atoms with E-state index in [4.69, 9.17) is 9.81 Å². The molecule has 0 atom stereocenters. The second-order valence-electron chi connectivity index (χ2n) is 3.69. The van der Waals surface area contributed by atoms with E-state index in [0.29, 0.717) is 5.56 Å². The molecule has 0 aliphatic carbocycles. The molecule has 1 N–H and O–H groups in total. The number of nitriles is 1. The summed E-state index contributed by atoms with van der Waals surface area (Å²) in [6, 6.07) is 14.8. The van der Waals surface area contributed by atoms with Gasteiger partial charge in [0.2, 0.25) is 0 Å². The summed E-state index contributed by atoms with van der Waals surface area (Å²) in [5.74, 6) is 0. The zero-order chi connectivity index (χ0) is 13.2. The SMILES string of the molecule is N#Cc1ccc(-c2ccc(S(=O)(=O)O)cc2)cc1.[NaH]. The minimum absolute atomic E-state index is 0. The number of hydrogen-bond donors (Lipinski definition) is 1. The van der Waals surface area contributed by atoms with Gasteiger partial charge >= 0.3 is 29.6 Å². The number of rotatable bonds is 2. The first-order valence-electron chi connectivity index (χ1n) is 5.09. The van der Waals surface area contributed by atoms with Gasteiger partial charge in [0.1, 0.15) is 0 Å². The van der Waals surface area contributed by atoms with Gasteiger partial charge in [0.15, 0.2) is 0 Å². The molecule has 2 aromatic carbocycles. The monoisotopic (exact) mass is 283 g/mol. The molecule has 0 fully saturated rings. The third-order valence-electron chi connectivity index (χ3n) is 2.50. The molecule has 0 bridgehead atoms. The molecule has 2 aromatic rings. The molecule has 0 heterocycles. The summed E-state index contributed by atoms with van der Waals surface area (Å²) in [5, 5.41) is 8.68. The fraction of sp³-hybridized carbons (Fsp3) is 0.